The number of cyclic esters (lactones) is 1. The average molecular weight is 355 g/mol. The zero-order valence-corrected chi connectivity index (χ0v) is 12.2. The smallest absolute Gasteiger partial charge is 0.442 e. The lowest BCUT2D eigenvalue weighted by Crippen LogP contribution is -2.15. The van der Waals surface area contributed by atoms with Crippen molar-refractivity contribution in [2.24, 2.45) is 0 Å². The van der Waals surface area contributed by atoms with Gasteiger partial charge in [-0.25, -0.2) is 0 Å². The molecule has 1 fully saturated rings. The predicted molar refractivity (Wildman–Crippen MR) is 69.8 cm³/mol. The molecule has 19 heavy (non-hydrogen) atoms. The summed E-state index contributed by atoms with van der Waals surface area (Å²) in [6.07, 6.45) is -1.07. The van der Waals surface area contributed by atoms with E-state index in [2.05, 4.69) is 15.9 Å². The van der Waals surface area contributed by atoms with Crippen molar-refractivity contribution in [3.8, 4) is 0 Å². The van der Waals surface area contributed by atoms with E-state index in [-0.39, 0.29) is 18.2 Å². The van der Waals surface area contributed by atoms with Crippen molar-refractivity contribution in [1.82, 2.24) is 0 Å². The van der Waals surface area contributed by atoms with Gasteiger partial charge in [0.1, 0.15) is 6.10 Å². The monoisotopic (exact) mass is 354 g/mol. The number of carbonyl (C=O) groups excluding carboxylic acids is 1. The number of ether oxygens (including phenoxy) is 1. The van der Waals surface area contributed by atoms with Crippen molar-refractivity contribution in [3.63, 3.8) is 0 Å². The Balaban J connectivity index is 2.25. The number of alkyl halides is 3. The zero-order valence-electron chi connectivity index (χ0n) is 9.83. The normalized spacial score (nSPS) is 23.5. The maximum absolute atomic E-state index is 12.5. The second-order valence-corrected chi connectivity index (χ2v) is 6.38. The molecule has 1 aliphatic heterocycles. The van der Waals surface area contributed by atoms with Gasteiger partial charge < -0.3 is 4.74 Å². The van der Waals surface area contributed by atoms with Gasteiger partial charge in [0.2, 0.25) is 0 Å². The number of carbonyl (C=O) groups is 1. The number of hydrogen-bond acceptors (Lipinski definition) is 3. The molecule has 1 saturated heterocycles. The Morgan fingerprint density at radius 3 is 2.68 bits per heavy atom. The summed E-state index contributed by atoms with van der Waals surface area (Å²) in [4.78, 5) is 11.3. The molecule has 0 radical (unpaired) electrons. The van der Waals surface area contributed by atoms with Crippen molar-refractivity contribution in [2.75, 3.05) is 0 Å². The molecule has 1 aromatic rings. The molecule has 0 amide bonds. The summed E-state index contributed by atoms with van der Waals surface area (Å²) < 4.78 is 43.2. The molecular formula is C12H10BrF3O2S. The van der Waals surface area contributed by atoms with Crippen LogP contribution in [0.3, 0.4) is 0 Å². The Hall–Kier alpha value is -0.690. The molecule has 1 heterocycles. The van der Waals surface area contributed by atoms with Crippen LogP contribution in [0.2, 0.25) is 0 Å². The fourth-order valence-electron chi connectivity index (χ4n) is 1.88. The van der Waals surface area contributed by atoms with Gasteiger partial charge >= 0.3 is 11.5 Å². The maximum Gasteiger partial charge on any atom is 0.442 e. The van der Waals surface area contributed by atoms with Crippen LogP contribution in [0, 0.1) is 6.92 Å². The Morgan fingerprint density at radius 2 is 2.11 bits per heavy atom. The van der Waals surface area contributed by atoms with Gasteiger partial charge in [0.15, 0.2) is 0 Å². The second kappa shape index (κ2) is 5.36. The Bertz CT molecular complexity index is 504. The lowest BCUT2D eigenvalue weighted by atomic mass is 10.0. The molecule has 7 heteroatoms. The lowest BCUT2D eigenvalue weighted by molar-refractivity contribution is -0.141. The fraction of sp³-hybridized carbons (Fsp3) is 0.417. The second-order valence-electron chi connectivity index (χ2n) is 4.23. The number of aryl methyl sites for hydroxylation is 1. The highest BCUT2D eigenvalue weighted by atomic mass is 79.9. The molecular weight excluding hydrogens is 345 g/mol. The van der Waals surface area contributed by atoms with E-state index in [1.165, 1.54) is 0 Å². The summed E-state index contributed by atoms with van der Waals surface area (Å²) in [5.74, 6) is -0.594. The predicted octanol–water partition coefficient (Wildman–Crippen LogP) is 4.37. The largest absolute Gasteiger partial charge is 0.456 e. The first-order chi connectivity index (χ1) is 8.76. The van der Waals surface area contributed by atoms with Gasteiger partial charge in [-0.1, -0.05) is 28.1 Å². The van der Waals surface area contributed by atoms with Crippen LogP contribution in [0.1, 0.15) is 23.7 Å². The summed E-state index contributed by atoms with van der Waals surface area (Å²) in [7, 11) is 0. The van der Waals surface area contributed by atoms with E-state index in [0.717, 1.165) is 10.0 Å². The molecule has 104 valence electrons. The van der Waals surface area contributed by atoms with Crippen LogP contribution >= 0.6 is 27.7 Å². The van der Waals surface area contributed by atoms with Crippen molar-refractivity contribution in [2.45, 2.75) is 30.2 Å². The number of esters is 1. The van der Waals surface area contributed by atoms with Crippen LogP contribution in [-0.4, -0.2) is 16.7 Å². The standard InChI is InChI=1S/C12H10BrF3O2S/c1-6-2-3-7(4-8(6)13)11-9(5-10(17)18-11)19-12(14,15)16/h2-4,9,11H,5H2,1H3/t9-,11+/m0/s1. The first-order valence-electron chi connectivity index (χ1n) is 5.46. The molecule has 1 aromatic carbocycles. The Kier molecular flexibility index (Phi) is 4.15. The first-order valence-corrected chi connectivity index (χ1v) is 7.13. The SMILES string of the molecule is Cc1ccc([C@H]2OC(=O)C[C@@H]2SC(F)(F)F)cc1Br. The van der Waals surface area contributed by atoms with Crippen molar-refractivity contribution < 1.29 is 22.7 Å². The number of rotatable bonds is 2. The first kappa shape index (κ1) is 14.7. The van der Waals surface area contributed by atoms with Crippen LogP contribution in [0.15, 0.2) is 22.7 Å². The molecule has 2 rings (SSSR count). The minimum atomic E-state index is -4.38. The quantitative estimate of drug-likeness (QED) is 0.737. The number of thioether (sulfide) groups is 1. The molecule has 0 N–H and O–H groups in total. The minimum absolute atomic E-state index is 0.180. The average Bonchev–Trinajstić information content (AvgIpc) is 2.61. The molecule has 0 aromatic heterocycles. The van der Waals surface area contributed by atoms with E-state index in [0.29, 0.717) is 5.56 Å². The fourth-order valence-corrected chi connectivity index (χ4v) is 3.18. The van der Waals surface area contributed by atoms with Crippen LogP contribution in [0.4, 0.5) is 13.2 Å². The number of halogens is 4. The highest BCUT2D eigenvalue weighted by Crippen LogP contribution is 2.45. The van der Waals surface area contributed by atoms with Crippen LogP contribution in [-0.2, 0) is 9.53 Å². The lowest BCUT2D eigenvalue weighted by Gasteiger charge is -2.19. The Morgan fingerprint density at radius 1 is 1.42 bits per heavy atom. The van der Waals surface area contributed by atoms with E-state index < -0.39 is 22.8 Å². The van der Waals surface area contributed by atoms with Gasteiger partial charge in [-0.3, -0.25) is 4.79 Å². The molecule has 0 aliphatic carbocycles. The molecule has 0 unspecified atom stereocenters. The van der Waals surface area contributed by atoms with Crippen molar-refractivity contribution in [1.29, 1.82) is 0 Å². The summed E-state index contributed by atoms with van der Waals surface area (Å²) in [6, 6.07) is 5.16. The van der Waals surface area contributed by atoms with Crippen LogP contribution in [0.25, 0.3) is 0 Å². The highest BCUT2D eigenvalue weighted by molar-refractivity contribution is 9.10. The van der Waals surface area contributed by atoms with Crippen molar-refractivity contribution >= 4 is 33.7 Å². The summed E-state index contributed by atoms with van der Waals surface area (Å²) in [5.41, 5.74) is -2.84. The highest BCUT2D eigenvalue weighted by Gasteiger charge is 2.44. The molecule has 2 atom stereocenters. The van der Waals surface area contributed by atoms with E-state index in [9.17, 15) is 18.0 Å². The van der Waals surface area contributed by atoms with E-state index in [1.807, 2.05) is 6.92 Å². The summed E-state index contributed by atoms with van der Waals surface area (Å²) >= 11 is 3.14. The zero-order chi connectivity index (χ0) is 14.2. The molecule has 0 bridgehead atoms. The third-order valence-electron chi connectivity index (χ3n) is 2.77. The molecule has 0 spiro atoms. The Labute approximate surface area is 120 Å². The van der Waals surface area contributed by atoms with E-state index >= 15 is 0 Å². The topological polar surface area (TPSA) is 26.3 Å². The van der Waals surface area contributed by atoms with Gasteiger partial charge in [0.05, 0.1) is 11.7 Å². The molecule has 1 aliphatic rings. The molecule has 0 saturated carbocycles. The maximum atomic E-state index is 12.5. The van der Waals surface area contributed by atoms with Gasteiger partial charge in [-0.15, -0.1) is 0 Å². The number of benzene rings is 1. The van der Waals surface area contributed by atoms with Gasteiger partial charge in [0.25, 0.3) is 0 Å². The minimum Gasteiger partial charge on any atom is -0.456 e. The summed E-state index contributed by atoms with van der Waals surface area (Å²) in [5, 5.41) is -0.929. The summed E-state index contributed by atoms with van der Waals surface area (Å²) in [6.45, 7) is 1.87. The van der Waals surface area contributed by atoms with Gasteiger partial charge in [-0.05, 0) is 35.9 Å². The third-order valence-corrected chi connectivity index (χ3v) is 4.61. The van der Waals surface area contributed by atoms with E-state index in [4.69, 9.17) is 4.74 Å². The third kappa shape index (κ3) is 3.66. The van der Waals surface area contributed by atoms with Crippen LogP contribution < -0.4 is 0 Å². The van der Waals surface area contributed by atoms with E-state index in [1.54, 1.807) is 18.2 Å². The molecule has 2 nitrogen and oxygen atoms in total. The van der Waals surface area contributed by atoms with Crippen LogP contribution in [0.5, 0.6) is 0 Å². The number of hydrogen-bond donors (Lipinski definition) is 0. The van der Waals surface area contributed by atoms with Gasteiger partial charge in [0, 0.05) is 4.47 Å². The van der Waals surface area contributed by atoms with Gasteiger partial charge in [-0.2, -0.15) is 13.2 Å². The van der Waals surface area contributed by atoms with Crippen molar-refractivity contribution in [3.05, 3.63) is 33.8 Å².